The van der Waals surface area contributed by atoms with Crippen molar-refractivity contribution in [2.75, 3.05) is 85.9 Å². The van der Waals surface area contributed by atoms with Gasteiger partial charge in [0.15, 0.2) is 0 Å². The van der Waals surface area contributed by atoms with Gasteiger partial charge >= 0.3 is 6.03 Å². The third-order valence-corrected chi connectivity index (χ3v) is 9.77. The van der Waals surface area contributed by atoms with Crippen LogP contribution >= 0.6 is 20.3 Å². The van der Waals surface area contributed by atoms with Crippen LogP contribution in [0, 0.1) is 11.3 Å². The minimum absolute atomic E-state index is 0.0557. The first-order valence-electron chi connectivity index (χ1n) is 15.3. The van der Waals surface area contributed by atoms with Crippen molar-refractivity contribution < 1.29 is 37.6 Å². The van der Waals surface area contributed by atoms with Crippen LogP contribution in [0.1, 0.15) is 51.9 Å². The fourth-order valence-corrected chi connectivity index (χ4v) is 7.14. The zero-order valence-corrected chi connectivity index (χ0v) is 27.8. The number of carbonyl (C=O) groups is 2. The molecular formula is C28H52N5O8PS. The molecule has 2 fully saturated rings. The van der Waals surface area contributed by atoms with Gasteiger partial charge in [0.2, 0.25) is 5.91 Å². The summed E-state index contributed by atoms with van der Waals surface area (Å²) in [5.74, 6) is 1.05. The summed E-state index contributed by atoms with van der Waals surface area (Å²) >= 11 is 1.91. The Morgan fingerprint density at radius 1 is 1.05 bits per heavy atom. The summed E-state index contributed by atoms with van der Waals surface area (Å²) < 4.78 is 35.9. The minimum atomic E-state index is -1.21. The molecule has 3 N–H and O–H groups in total. The van der Waals surface area contributed by atoms with E-state index in [1.165, 1.54) is 0 Å². The highest BCUT2D eigenvalue weighted by atomic mass is 32.2. The number of nitriles is 1. The van der Waals surface area contributed by atoms with E-state index in [2.05, 4.69) is 22.0 Å². The lowest BCUT2D eigenvalue weighted by atomic mass is 10.0. The molecular weight excluding hydrogens is 597 g/mol. The maximum atomic E-state index is 12.0. The third-order valence-electron chi connectivity index (χ3n) is 6.72. The minimum Gasteiger partial charge on any atom is -0.379 e. The molecule has 0 spiro atoms. The molecule has 2 saturated heterocycles. The SMILES string of the molecule is CCC(COCCOCCOCCOCCCNC(=O)CCCCC1SCC2NC(=O)NC21)OP(OCCC#N)N(C)C. The quantitative estimate of drug-likeness (QED) is 0.0684. The molecule has 3 amide bonds. The van der Waals surface area contributed by atoms with Crippen molar-refractivity contribution in [3.63, 3.8) is 0 Å². The van der Waals surface area contributed by atoms with E-state index in [0.717, 1.165) is 37.9 Å². The van der Waals surface area contributed by atoms with Crippen molar-refractivity contribution in [1.82, 2.24) is 20.6 Å². The summed E-state index contributed by atoms with van der Waals surface area (Å²) in [6.07, 6.45) is 5.21. The van der Waals surface area contributed by atoms with Gasteiger partial charge in [-0.3, -0.25) is 4.79 Å². The van der Waals surface area contributed by atoms with Gasteiger partial charge in [-0.25, -0.2) is 9.46 Å². The Morgan fingerprint density at radius 2 is 1.74 bits per heavy atom. The van der Waals surface area contributed by atoms with Crippen LogP contribution in [0.5, 0.6) is 0 Å². The Balaban J connectivity index is 1.30. The number of carbonyl (C=O) groups excluding carboxylic acids is 2. The van der Waals surface area contributed by atoms with Gasteiger partial charge in [-0.2, -0.15) is 17.0 Å². The number of hydrogen-bond donors (Lipinski definition) is 3. The van der Waals surface area contributed by atoms with E-state index in [-0.39, 0.29) is 30.1 Å². The molecule has 13 nitrogen and oxygen atoms in total. The van der Waals surface area contributed by atoms with E-state index in [1.54, 1.807) is 0 Å². The van der Waals surface area contributed by atoms with Crippen LogP contribution in [-0.4, -0.2) is 126 Å². The van der Waals surface area contributed by atoms with Crippen molar-refractivity contribution in [2.45, 2.75) is 75.3 Å². The molecule has 2 aliphatic rings. The molecule has 0 aliphatic carbocycles. The second kappa shape index (κ2) is 24.0. The fraction of sp³-hybridized carbons (Fsp3) is 0.893. The molecule has 15 heteroatoms. The zero-order valence-electron chi connectivity index (χ0n) is 26.1. The van der Waals surface area contributed by atoms with Gasteiger partial charge in [0.25, 0.3) is 8.53 Å². The zero-order chi connectivity index (χ0) is 31.1. The first kappa shape index (κ1) is 37.9. The van der Waals surface area contributed by atoms with Gasteiger partial charge in [-0.1, -0.05) is 13.3 Å². The molecule has 0 aromatic rings. The predicted molar refractivity (Wildman–Crippen MR) is 167 cm³/mol. The lowest BCUT2D eigenvalue weighted by molar-refractivity contribution is -0.121. The Bertz CT molecular complexity index is 812. The molecule has 2 rings (SSSR count). The van der Waals surface area contributed by atoms with E-state index in [1.807, 2.05) is 37.5 Å². The number of rotatable bonds is 27. The number of amides is 3. The summed E-state index contributed by atoms with van der Waals surface area (Å²) in [6.45, 7) is 6.92. The predicted octanol–water partition coefficient (Wildman–Crippen LogP) is 2.80. The molecule has 2 heterocycles. The largest absolute Gasteiger partial charge is 0.379 e. The van der Waals surface area contributed by atoms with E-state index >= 15 is 0 Å². The molecule has 0 aromatic carbocycles. The fourth-order valence-electron chi connectivity index (χ4n) is 4.40. The second-order valence-corrected chi connectivity index (χ2v) is 13.5. The maximum absolute atomic E-state index is 12.0. The molecule has 2 aliphatic heterocycles. The Morgan fingerprint density at radius 3 is 2.42 bits per heavy atom. The molecule has 0 bridgehead atoms. The number of fused-ring (bicyclic) bond motifs is 1. The van der Waals surface area contributed by atoms with Gasteiger partial charge in [-0.05, 0) is 39.8 Å². The number of hydrogen-bond acceptors (Lipinski definition) is 11. The van der Waals surface area contributed by atoms with Gasteiger partial charge in [0.05, 0.1) is 83.5 Å². The van der Waals surface area contributed by atoms with Crippen LogP contribution in [0.2, 0.25) is 0 Å². The number of nitrogens with zero attached hydrogens (tertiary/aromatic N) is 2. The van der Waals surface area contributed by atoms with Crippen LogP contribution in [0.4, 0.5) is 4.79 Å². The monoisotopic (exact) mass is 649 g/mol. The van der Waals surface area contributed by atoms with Crippen LogP contribution in [0.25, 0.3) is 0 Å². The lowest BCUT2D eigenvalue weighted by Gasteiger charge is -2.26. The Hall–Kier alpha value is -1.27. The lowest BCUT2D eigenvalue weighted by Crippen LogP contribution is -2.36. The van der Waals surface area contributed by atoms with E-state index in [4.69, 9.17) is 33.3 Å². The summed E-state index contributed by atoms with van der Waals surface area (Å²) in [4.78, 5) is 23.5. The average Bonchev–Trinajstić information content (AvgIpc) is 3.54. The maximum Gasteiger partial charge on any atom is 0.315 e. The first-order valence-corrected chi connectivity index (χ1v) is 17.5. The second-order valence-electron chi connectivity index (χ2n) is 10.4. The molecule has 0 radical (unpaired) electrons. The van der Waals surface area contributed by atoms with Crippen LogP contribution in [0.3, 0.4) is 0 Å². The van der Waals surface area contributed by atoms with Crippen molar-refractivity contribution >= 4 is 32.2 Å². The van der Waals surface area contributed by atoms with E-state index in [0.29, 0.717) is 84.1 Å². The highest BCUT2D eigenvalue weighted by Crippen LogP contribution is 2.42. The number of unbranched alkanes of at least 4 members (excludes halogenated alkanes) is 1. The summed E-state index contributed by atoms with van der Waals surface area (Å²) in [6, 6.07) is 2.49. The van der Waals surface area contributed by atoms with Crippen LogP contribution in [-0.2, 0) is 32.8 Å². The van der Waals surface area contributed by atoms with Crippen molar-refractivity contribution in [3.8, 4) is 6.07 Å². The number of nitrogens with one attached hydrogen (secondary N) is 3. The molecule has 5 atom stereocenters. The molecule has 43 heavy (non-hydrogen) atoms. The number of thioether (sulfide) groups is 1. The van der Waals surface area contributed by atoms with Crippen molar-refractivity contribution in [1.29, 1.82) is 5.26 Å². The average molecular weight is 650 g/mol. The van der Waals surface area contributed by atoms with E-state index < -0.39 is 8.53 Å². The summed E-state index contributed by atoms with van der Waals surface area (Å²) in [5.41, 5.74) is 0. The van der Waals surface area contributed by atoms with Crippen LogP contribution < -0.4 is 16.0 Å². The first-order chi connectivity index (χ1) is 20.9. The third kappa shape index (κ3) is 17.1. The molecule has 0 aromatic heterocycles. The normalized spacial score (nSPS) is 20.8. The number of urea groups is 1. The van der Waals surface area contributed by atoms with Gasteiger partial charge < -0.3 is 43.9 Å². The van der Waals surface area contributed by atoms with E-state index in [9.17, 15) is 9.59 Å². The molecule has 0 saturated carbocycles. The van der Waals surface area contributed by atoms with Gasteiger partial charge in [-0.15, -0.1) is 0 Å². The van der Waals surface area contributed by atoms with Gasteiger partial charge in [0.1, 0.15) is 0 Å². The van der Waals surface area contributed by atoms with Crippen LogP contribution in [0.15, 0.2) is 0 Å². The highest BCUT2D eigenvalue weighted by Gasteiger charge is 2.42. The van der Waals surface area contributed by atoms with Crippen molar-refractivity contribution in [2.24, 2.45) is 0 Å². The van der Waals surface area contributed by atoms with Crippen molar-refractivity contribution in [3.05, 3.63) is 0 Å². The molecule has 248 valence electrons. The Labute approximate surface area is 262 Å². The topological polar surface area (TPSA) is 153 Å². The Kier molecular flexibility index (Phi) is 21.2. The smallest absolute Gasteiger partial charge is 0.315 e. The van der Waals surface area contributed by atoms with Gasteiger partial charge in [0, 0.05) is 30.6 Å². The molecule has 5 unspecified atom stereocenters. The summed E-state index contributed by atoms with van der Waals surface area (Å²) in [5, 5.41) is 18.0. The summed E-state index contributed by atoms with van der Waals surface area (Å²) in [7, 11) is 2.57. The standard InChI is InChI=1S/C28H52N5O8PS/c1-4-23(41-42(33(2)3)40-14-7-11-29)21-39-20-19-38-18-17-37-16-15-36-13-8-12-30-26(34)10-6-5-9-25-27-24(22-43-25)31-28(35)32-27/h23-25,27H,4-10,12-22H2,1-3H3,(H,30,34)(H2,31,32,35). The highest BCUT2D eigenvalue weighted by molar-refractivity contribution is 8.00. The number of ether oxygens (including phenoxy) is 4.